The topological polar surface area (TPSA) is 67.3 Å². The van der Waals surface area contributed by atoms with E-state index in [1.807, 2.05) is 13.0 Å². The Bertz CT molecular complexity index is 795. The minimum absolute atomic E-state index is 0.233. The van der Waals surface area contributed by atoms with E-state index in [1.165, 1.54) is 18.9 Å². The third-order valence-electron chi connectivity index (χ3n) is 4.05. The molecule has 8 heteroatoms. The molecule has 1 N–H and O–H groups in total. The van der Waals surface area contributed by atoms with Gasteiger partial charge in [0.25, 0.3) is 5.91 Å². The van der Waals surface area contributed by atoms with Crippen LogP contribution in [0.25, 0.3) is 0 Å². The van der Waals surface area contributed by atoms with E-state index in [1.54, 1.807) is 12.1 Å². The second kappa shape index (κ2) is 8.56. The number of nitrogens with one attached hydrogen (secondary N) is 1. The van der Waals surface area contributed by atoms with Crippen molar-refractivity contribution in [2.75, 3.05) is 31.1 Å². The maximum Gasteiger partial charge on any atom is 0.251 e. The molecule has 0 bridgehead atoms. The molecule has 1 aliphatic rings. The molecule has 3 rings (SSSR count). The molecule has 1 aromatic heterocycles. The van der Waals surface area contributed by atoms with Gasteiger partial charge in [0.05, 0.1) is 16.6 Å². The first-order chi connectivity index (χ1) is 12.5. The van der Waals surface area contributed by atoms with Gasteiger partial charge in [0.1, 0.15) is 18.2 Å². The fourth-order valence-electron chi connectivity index (χ4n) is 2.77. The summed E-state index contributed by atoms with van der Waals surface area (Å²) >= 11 is 11.8. The van der Waals surface area contributed by atoms with Crippen LogP contribution >= 0.6 is 23.2 Å². The number of nitrogens with zero attached hydrogens (tertiary/aromatic N) is 3. The number of rotatable bonds is 6. The number of ether oxygens (including phenoxy) is 1. The quantitative estimate of drug-likeness (QED) is 0.759. The highest BCUT2D eigenvalue weighted by Gasteiger charge is 2.15. The van der Waals surface area contributed by atoms with E-state index in [9.17, 15) is 4.79 Å². The van der Waals surface area contributed by atoms with Gasteiger partial charge in [0.2, 0.25) is 5.88 Å². The molecule has 1 fully saturated rings. The highest BCUT2D eigenvalue weighted by Crippen LogP contribution is 2.23. The van der Waals surface area contributed by atoms with Crippen LogP contribution in [-0.4, -0.2) is 42.1 Å². The third kappa shape index (κ3) is 4.77. The van der Waals surface area contributed by atoms with Gasteiger partial charge in [0, 0.05) is 24.7 Å². The number of benzene rings is 1. The van der Waals surface area contributed by atoms with Gasteiger partial charge in [-0.15, -0.1) is 0 Å². The summed E-state index contributed by atoms with van der Waals surface area (Å²) in [6.45, 7) is 4.52. The van der Waals surface area contributed by atoms with Gasteiger partial charge in [-0.1, -0.05) is 23.2 Å². The van der Waals surface area contributed by atoms with Crippen LogP contribution in [0.5, 0.6) is 5.88 Å². The molecular weight excluding hydrogens is 375 g/mol. The molecule has 1 saturated heterocycles. The molecule has 0 aliphatic carbocycles. The van der Waals surface area contributed by atoms with Gasteiger partial charge in [-0.25, -0.2) is 4.98 Å². The number of halogens is 2. The van der Waals surface area contributed by atoms with Crippen molar-refractivity contribution in [2.24, 2.45) is 0 Å². The maximum atomic E-state index is 12.1. The summed E-state index contributed by atoms with van der Waals surface area (Å²) in [5.74, 6) is 1.85. The number of carbonyl (C=O) groups excluding carboxylic acids is 1. The van der Waals surface area contributed by atoms with Gasteiger partial charge in [-0.2, -0.15) is 4.98 Å². The van der Waals surface area contributed by atoms with Crippen molar-refractivity contribution in [1.29, 1.82) is 0 Å². The predicted octanol–water partition coefficient (Wildman–Crippen LogP) is 3.50. The first kappa shape index (κ1) is 18.7. The molecule has 6 nitrogen and oxygen atoms in total. The Kier molecular flexibility index (Phi) is 6.16. The van der Waals surface area contributed by atoms with Gasteiger partial charge in [-0.3, -0.25) is 4.79 Å². The van der Waals surface area contributed by atoms with Crippen molar-refractivity contribution in [1.82, 2.24) is 15.3 Å². The molecule has 138 valence electrons. The summed E-state index contributed by atoms with van der Waals surface area (Å²) in [7, 11) is 0. The van der Waals surface area contributed by atoms with Crippen molar-refractivity contribution in [3.8, 4) is 5.88 Å². The lowest BCUT2D eigenvalue weighted by atomic mass is 10.2. The van der Waals surface area contributed by atoms with Crippen LogP contribution in [0, 0.1) is 6.92 Å². The Hall–Kier alpha value is -2.05. The summed E-state index contributed by atoms with van der Waals surface area (Å²) in [6, 6.07) is 6.61. The molecule has 0 radical (unpaired) electrons. The number of amides is 1. The first-order valence-corrected chi connectivity index (χ1v) is 9.25. The smallest absolute Gasteiger partial charge is 0.251 e. The first-order valence-electron chi connectivity index (χ1n) is 8.49. The lowest BCUT2D eigenvalue weighted by molar-refractivity contribution is 0.0946. The number of carbonyl (C=O) groups is 1. The second-order valence-electron chi connectivity index (χ2n) is 6.04. The number of hydrogen-bond donors (Lipinski definition) is 1. The summed E-state index contributed by atoms with van der Waals surface area (Å²) < 4.78 is 5.68. The summed E-state index contributed by atoms with van der Waals surface area (Å²) in [5.41, 5.74) is 0.452. The monoisotopic (exact) mass is 394 g/mol. The van der Waals surface area contributed by atoms with Crippen molar-refractivity contribution in [3.05, 3.63) is 45.7 Å². The van der Waals surface area contributed by atoms with E-state index in [0.717, 1.165) is 18.9 Å². The van der Waals surface area contributed by atoms with Crippen LogP contribution in [0.15, 0.2) is 24.3 Å². The number of anilines is 1. The van der Waals surface area contributed by atoms with Crippen molar-refractivity contribution in [2.45, 2.75) is 19.8 Å². The Balaban J connectivity index is 1.51. The molecule has 1 aromatic carbocycles. The Morgan fingerprint density at radius 3 is 2.69 bits per heavy atom. The van der Waals surface area contributed by atoms with Crippen molar-refractivity contribution in [3.63, 3.8) is 0 Å². The number of aromatic nitrogens is 2. The minimum Gasteiger partial charge on any atom is -0.476 e. The van der Waals surface area contributed by atoms with E-state index in [-0.39, 0.29) is 5.91 Å². The lowest BCUT2D eigenvalue weighted by Gasteiger charge is -2.17. The standard InChI is InChI=1S/C18H20Cl2N4O2/c1-12-22-16(24-7-2-3-8-24)11-17(23-12)26-9-6-21-18(25)13-4-5-14(19)15(20)10-13/h4-5,10-11H,2-3,6-9H2,1H3,(H,21,25). The van der Waals surface area contributed by atoms with E-state index in [0.29, 0.717) is 40.5 Å². The molecule has 0 saturated carbocycles. The Morgan fingerprint density at radius 1 is 1.19 bits per heavy atom. The highest BCUT2D eigenvalue weighted by molar-refractivity contribution is 6.42. The van der Waals surface area contributed by atoms with Crippen LogP contribution < -0.4 is 15.0 Å². The van der Waals surface area contributed by atoms with Crippen LogP contribution in [0.1, 0.15) is 29.0 Å². The van der Waals surface area contributed by atoms with Crippen LogP contribution in [-0.2, 0) is 0 Å². The summed E-state index contributed by atoms with van der Waals surface area (Å²) in [6.07, 6.45) is 2.36. The lowest BCUT2D eigenvalue weighted by Crippen LogP contribution is -2.28. The average Bonchev–Trinajstić information content (AvgIpc) is 3.15. The fraction of sp³-hybridized carbons (Fsp3) is 0.389. The van der Waals surface area contributed by atoms with Gasteiger partial charge >= 0.3 is 0 Å². The maximum absolute atomic E-state index is 12.1. The minimum atomic E-state index is -0.233. The van der Waals surface area contributed by atoms with Gasteiger partial charge in [0.15, 0.2) is 0 Å². The second-order valence-corrected chi connectivity index (χ2v) is 6.85. The predicted molar refractivity (Wildman–Crippen MR) is 103 cm³/mol. The van der Waals surface area contributed by atoms with Crippen LogP contribution in [0.2, 0.25) is 10.0 Å². The zero-order valence-electron chi connectivity index (χ0n) is 14.5. The van der Waals surface area contributed by atoms with Crippen molar-refractivity contribution >= 4 is 34.9 Å². The van der Waals surface area contributed by atoms with E-state index in [4.69, 9.17) is 27.9 Å². The van der Waals surface area contributed by atoms with Crippen LogP contribution in [0.4, 0.5) is 5.82 Å². The van der Waals surface area contributed by atoms with E-state index < -0.39 is 0 Å². The Labute approximate surface area is 162 Å². The SMILES string of the molecule is Cc1nc(OCCNC(=O)c2ccc(Cl)c(Cl)c2)cc(N2CCCC2)n1. The molecule has 0 spiro atoms. The van der Waals surface area contributed by atoms with Gasteiger partial charge < -0.3 is 15.0 Å². The molecule has 2 heterocycles. The fourth-order valence-corrected chi connectivity index (χ4v) is 3.07. The highest BCUT2D eigenvalue weighted by atomic mass is 35.5. The van der Waals surface area contributed by atoms with E-state index in [2.05, 4.69) is 20.2 Å². The molecule has 0 unspecified atom stereocenters. The van der Waals surface area contributed by atoms with E-state index >= 15 is 0 Å². The van der Waals surface area contributed by atoms with Crippen LogP contribution in [0.3, 0.4) is 0 Å². The normalized spacial score (nSPS) is 13.7. The molecule has 2 aromatic rings. The molecule has 1 amide bonds. The number of hydrogen-bond acceptors (Lipinski definition) is 5. The van der Waals surface area contributed by atoms with Gasteiger partial charge in [-0.05, 0) is 38.0 Å². The third-order valence-corrected chi connectivity index (χ3v) is 4.79. The largest absolute Gasteiger partial charge is 0.476 e. The zero-order valence-corrected chi connectivity index (χ0v) is 16.0. The van der Waals surface area contributed by atoms with Crippen molar-refractivity contribution < 1.29 is 9.53 Å². The molecular formula is C18H20Cl2N4O2. The Morgan fingerprint density at radius 2 is 1.96 bits per heavy atom. The zero-order chi connectivity index (χ0) is 18.5. The summed E-state index contributed by atoms with van der Waals surface area (Å²) in [5, 5.41) is 3.55. The molecule has 0 atom stereocenters. The molecule has 1 aliphatic heterocycles. The number of aryl methyl sites for hydroxylation is 1. The summed E-state index contributed by atoms with van der Waals surface area (Å²) in [4.78, 5) is 23.1. The average molecular weight is 395 g/mol. The molecule has 26 heavy (non-hydrogen) atoms.